The van der Waals surface area contributed by atoms with Crippen molar-refractivity contribution in [1.82, 2.24) is 9.97 Å². The van der Waals surface area contributed by atoms with E-state index in [2.05, 4.69) is 15.3 Å². The molecule has 29 heavy (non-hydrogen) atoms. The van der Waals surface area contributed by atoms with Crippen LogP contribution in [0.5, 0.6) is 0 Å². The maximum atomic E-state index is 12.9. The summed E-state index contributed by atoms with van der Waals surface area (Å²) in [5.41, 5.74) is 0.746. The highest BCUT2D eigenvalue weighted by Gasteiger charge is 2.28. The third-order valence-electron chi connectivity index (χ3n) is 3.95. The van der Waals surface area contributed by atoms with Crippen LogP contribution in [0.3, 0.4) is 0 Å². The van der Waals surface area contributed by atoms with E-state index in [1.807, 2.05) is 0 Å². The number of nitro benzene ring substituents is 1. The Morgan fingerprint density at radius 1 is 1.14 bits per heavy atom. The Balaban J connectivity index is 1.90. The number of nitro groups is 1. The molecule has 1 atom stereocenters. The van der Waals surface area contributed by atoms with Crippen LogP contribution in [0, 0.1) is 17.0 Å². The average molecular weight is 392 g/mol. The van der Waals surface area contributed by atoms with Gasteiger partial charge in [-0.15, -0.1) is 0 Å². The number of ether oxygens (including phenoxy) is 1. The molecule has 0 radical (unpaired) electrons. The zero-order valence-electron chi connectivity index (χ0n) is 15.3. The third kappa shape index (κ3) is 4.78. The lowest BCUT2D eigenvalue weighted by atomic mass is 10.1. The minimum Gasteiger partial charge on any atom is -0.443 e. The summed E-state index contributed by atoms with van der Waals surface area (Å²) in [5, 5.41) is 13.8. The highest BCUT2D eigenvalue weighted by molar-refractivity contribution is 5.99. The molecule has 3 aromatic rings. The van der Waals surface area contributed by atoms with Crippen LogP contribution in [-0.2, 0) is 9.53 Å². The maximum Gasteiger partial charge on any atom is 0.359 e. The molecule has 0 aliphatic rings. The minimum atomic E-state index is -1.34. The van der Waals surface area contributed by atoms with Gasteiger partial charge in [-0.1, -0.05) is 36.4 Å². The van der Waals surface area contributed by atoms with Crippen molar-refractivity contribution in [3.05, 3.63) is 94.1 Å². The number of amides is 1. The van der Waals surface area contributed by atoms with Crippen LogP contribution in [0.2, 0.25) is 0 Å². The number of anilines is 1. The van der Waals surface area contributed by atoms with Crippen molar-refractivity contribution < 1.29 is 19.2 Å². The molecule has 146 valence electrons. The largest absolute Gasteiger partial charge is 0.443 e. The van der Waals surface area contributed by atoms with Gasteiger partial charge in [0.1, 0.15) is 5.69 Å². The number of nitrogens with zero attached hydrogens (tertiary/aromatic N) is 3. The van der Waals surface area contributed by atoms with E-state index in [1.165, 1.54) is 30.7 Å². The van der Waals surface area contributed by atoms with Gasteiger partial charge in [0.2, 0.25) is 6.10 Å². The van der Waals surface area contributed by atoms with Crippen LogP contribution in [0.25, 0.3) is 0 Å². The number of aromatic nitrogens is 2. The second kappa shape index (κ2) is 8.70. The van der Waals surface area contributed by atoms with Gasteiger partial charge in [-0.3, -0.25) is 19.9 Å². The summed E-state index contributed by atoms with van der Waals surface area (Å²) < 4.78 is 5.36. The zero-order valence-corrected chi connectivity index (χ0v) is 15.3. The third-order valence-corrected chi connectivity index (χ3v) is 3.95. The highest BCUT2D eigenvalue weighted by atomic mass is 16.6. The molecule has 0 fully saturated rings. The predicted octanol–water partition coefficient (Wildman–Crippen LogP) is 3.23. The molecule has 0 saturated heterocycles. The Kier molecular flexibility index (Phi) is 5.88. The Morgan fingerprint density at radius 3 is 2.55 bits per heavy atom. The van der Waals surface area contributed by atoms with E-state index in [0.717, 1.165) is 0 Å². The molecular weight excluding hydrogens is 376 g/mol. The number of nitrogens with one attached hydrogen (secondary N) is 1. The van der Waals surface area contributed by atoms with Crippen LogP contribution in [-0.4, -0.2) is 26.8 Å². The Bertz CT molecular complexity index is 1040. The summed E-state index contributed by atoms with van der Waals surface area (Å²) in [4.78, 5) is 43.7. The van der Waals surface area contributed by atoms with Crippen LogP contribution in [0.1, 0.15) is 27.7 Å². The van der Waals surface area contributed by atoms with E-state index in [0.29, 0.717) is 11.1 Å². The number of esters is 1. The summed E-state index contributed by atoms with van der Waals surface area (Å²) in [5.74, 6) is -1.58. The van der Waals surface area contributed by atoms with Gasteiger partial charge in [-0.05, 0) is 18.6 Å². The molecule has 0 spiro atoms. The van der Waals surface area contributed by atoms with Gasteiger partial charge in [0, 0.05) is 24.0 Å². The summed E-state index contributed by atoms with van der Waals surface area (Å²) in [6.07, 6.45) is 2.60. The van der Waals surface area contributed by atoms with E-state index in [-0.39, 0.29) is 17.1 Å². The molecule has 0 aliphatic carbocycles. The van der Waals surface area contributed by atoms with Crippen LogP contribution in [0.15, 0.2) is 67.1 Å². The molecule has 1 heterocycles. The van der Waals surface area contributed by atoms with Crippen LogP contribution < -0.4 is 5.32 Å². The van der Waals surface area contributed by atoms with E-state index < -0.39 is 22.9 Å². The number of carbonyl (C=O) groups is 2. The van der Waals surface area contributed by atoms with Crippen LogP contribution >= 0.6 is 0 Å². The molecule has 0 aliphatic heterocycles. The van der Waals surface area contributed by atoms with Gasteiger partial charge in [0.15, 0.2) is 5.69 Å². The smallest absolute Gasteiger partial charge is 0.359 e. The minimum absolute atomic E-state index is 0.00193. The summed E-state index contributed by atoms with van der Waals surface area (Å²) >= 11 is 0. The highest BCUT2D eigenvalue weighted by Crippen LogP contribution is 2.28. The molecule has 3 rings (SSSR count). The molecule has 1 N–H and O–H groups in total. The van der Waals surface area contributed by atoms with Gasteiger partial charge < -0.3 is 10.1 Å². The van der Waals surface area contributed by atoms with Gasteiger partial charge in [-0.2, -0.15) is 0 Å². The molecule has 9 nitrogen and oxygen atoms in total. The quantitative estimate of drug-likeness (QED) is 0.388. The fraction of sp³-hybridized carbons (Fsp3) is 0.100. The molecule has 0 saturated carbocycles. The van der Waals surface area contributed by atoms with Crippen molar-refractivity contribution in [2.75, 3.05) is 5.32 Å². The van der Waals surface area contributed by atoms with Crippen molar-refractivity contribution in [3.63, 3.8) is 0 Å². The normalized spacial score (nSPS) is 11.3. The predicted molar refractivity (Wildman–Crippen MR) is 103 cm³/mol. The van der Waals surface area contributed by atoms with E-state index in [4.69, 9.17) is 4.74 Å². The van der Waals surface area contributed by atoms with E-state index in [1.54, 1.807) is 43.3 Å². The Morgan fingerprint density at radius 2 is 1.90 bits per heavy atom. The van der Waals surface area contributed by atoms with Crippen molar-refractivity contribution in [2.24, 2.45) is 0 Å². The lowest BCUT2D eigenvalue weighted by Gasteiger charge is -2.18. The van der Waals surface area contributed by atoms with Crippen molar-refractivity contribution in [1.29, 1.82) is 0 Å². The number of carbonyl (C=O) groups excluding carboxylic acids is 2. The fourth-order valence-electron chi connectivity index (χ4n) is 2.57. The second-order valence-corrected chi connectivity index (χ2v) is 6.05. The zero-order chi connectivity index (χ0) is 20.8. The number of hydrogen-bond donors (Lipinski definition) is 1. The van der Waals surface area contributed by atoms with Gasteiger partial charge >= 0.3 is 5.97 Å². The second-order valence-electron chi connectivity index (χ2n) is 6.05. The first kappa shape index (κ1) is 19.6. The van der Waals surface area contributed by atoms with Gasteiger partial charge in [0.25, 0.3) is 11.6 Å². The first-order valence-electron chi connectivity index (χ1n) is 8.53. The first-order valence-corrected chi connectivity index (χ1v) is 8.53. The number of benzene rings is 2. The van der Waals surface area contributed by atoms with E-state index >= 15 is 0 Å². The van der Waals surface area contributed by atoms with Gasteiger partial charge in [0.05, 0.1) is 11.1 Å². The molecule has 0 bridgehead atoms. The summed E-state index contributed by atoms with van der Waals surface area (Å²) in [6.45, 7) is 1.70. The number of aryl methyl sites for hydroxylation is 1. The number of rotatable bonds is 6. The molecule has 1 aromatic heterocycles. The monoisotopic (exact) mass is 392 g/mol. The van der Waals surface area contributed by atoms with Gasteiger partial charge in [-0.25, -0.2) is 9.78 Å². The van der Waals surface area contributed by atoms with Crippen molar-refractivity contribution >= 4 is 23.3 Å². The summed E-state index contributed by atoms with van der Waals surface area (Å²) in [7, 11) is 0. The maximum absolute atomic E-state index is 12.9. The fourth-order valence-corrected chi connectivity index (χ4v) is 2.57. The average Bonchev–Trinajstić information content (AvgIpc) is 2.74. The van der Waals surface area contributed by atoms with E-state index in [9.17, 15) is 19.7 Å². The molecule has 1 amide bonds. The first-order chi connectivity index (χ1) is 14.0. The Hall–Kier alpha value is -4.14. The molecule has 0 unspecified atom stereocenters. The molecule has 9 heteroatoms. The Labute approximate surface area is 165 Å². The molecular formula is C20H16N4O5. The topological polar surface area (TPSA) is 124 Å². The standard InChI is InChI=1S/C20H16N4O5/c1-13-7-8-15(17(11-13)24(27)28)23-19(25)18(14-5-3-2-4-6-14)29-20(26)16-12-21-9-10-22-16/h2-12,18H,1H3,(H,23,25)/t18-/m1/s1. The van der Waals surface area contributed by atoms with Crippen LogP contribution in [0.4, 0.5) is 11.4 Å². The molecule has 2 aromatic carbocycles. The van der Waals surface area contributed by atoms with Crippen molar-refractivity contribution in [2.45, 2.75) is 13.0 Å². The van der Waals surface area contributed by atoms with Crippen molar-refractivity contribution in [3.8, 4) is 0 Å². The number of hydrogen-bond acceptors (Lipinski definition) is 7. The summed E-state index contributed by atoms with van der Waals surface area (Å²) in [6, 6.07) is 12.7. The lowest BCUT2D eigenvalue weighted by Crippen LogP contribution is -2.26. The lowest BCUT2D eigenvalue weighted by molar-refractivity contribution is -0.384. The SMILES string of the molecule is Cc1ccc(NC(=O)[C@H](OC(=O)c2cnccn2)c2ccccc2)c([N+](=O)[O-])c1.